The summed E-state index contributed by atoms with van der Waals surface area (Å²) >= 11 is 6.00. The number of anilines is 1. The lowest BCUT2D eigenvalue weighted by atomic mass is 10.1. The van der Waals surface area contributed by atoms with Gasteiger partial charge in [-0.2, -0.15) is 4.72 Å². The SMILES string of the molecule is COc1ccc(Cl)cc1S(=O)(=O)NC(Cc1ccccc1)C(=O)Nc1cccc(C)c1. The van der Waals surface area contributed by atoms with Crippen molar-refractivity contribution in [2.45, 2.75) is 24.3 Å². The Hall–Kier alpha value is -2.87. The minimum Gasteiger partial charge on any atom is -0.495 e. The van der Waals surface area contributed by atoms with Crippen molar-refractivity contribution >= 4 is 33.2 Å². The van der Waals surface area contributed by atoms with Gasteiger partial charge in [0.15, 0.2) is 0 Å². The molecule has 3 aromatic carbocycles. The van der Waals surface area contributed by atoms with Crippen molar-refractivity contribution in [1.29, 1.82) is 0 Å². The standard InChI is InChI=1S/C23H23ClN2O4S/c1-16-7-6-10-19(13-16)25-23(27)20(14-17-8-4-3-5-9-17)26-31(28,29)22-15-18(24)11-12-21(22)30-2/h3-13,15,20,26H,14H2,1-2H3,(H,25,27). The van der Waals surface area contributed by atoms with Crippen molar-refractivity contribution < 1.29 is 17.9 Å². The Morgan fingerprint density at radius 3 is 2.45 bits per heavy atom. The third-order valence-corrected chi connectivity index (χ3v) is 6.33. The van der Waals surface area contributed by atoms with Crippen LogP contribution in [-0.2, 0) is 21.2 Å². The first-order valence-electron chi connectivity index (χ1n) is 9.56. The van der Waals surface area contributed by atoms with Gasteiger partial charge in [0.05, 0.1) is 7.11 Å². The minimum absolute atomic E-state index is 0.134. The van der Waals surface area contributed by atoms with E-state index in [1.807, 2.05) is 55.5 Å². The molecule has 1 amide bonds. The minimum atomic E-state index is -4.11. The van der Waals surface area contributed by atoms with E-state index >= 15 is 0 Å². The first-order valence-corrected chi connectivity index (χ1v) is 11.4. The number of ether oxygens (including phenoxy) is 1. The second kappa shape index (κ2) is 9.96. The number of methoxy groups -OCH3 is 1. The number of hydrogen-bond donors (Lipinski definition) is 2. The molecule has 0 fully saturated rings. The molecule has 8 heteroatoms. The maximum Gasteiger partial charge on any atom is 0.245 e. The maximum absolute atomic E-state index is 13.1. The molecule has 0 saturated heterocycles. The number of aryl methyl sites for hydroxylation is 1. The lowest BCUT2D eigenvalue weighted by Gasteiger charge is -2.20. The van der Waals surface area contributed by atoms with Gasteiger partial charge in [0.1, 0.15) is 16.7 Å². The summed E-state index contributed by atoms with van der Waals surface area (Å²) in [5.41, 5.74) is 2.37. The molecule has 162 valence electrons. The molecule has 31 heavy (non-hydrogen) atoms. The smallest absolute Gasteiger partial charge is 0.245 e. The van der Waals surface area contributed by atoms with E-state index in [4.69, 9.17) is 16.3 Å². The van der Waals surface area contributed by atoms with E-state index in [2.05, 4.69) is 10.0 Å². The first-order chi connectivity index (χ1) is 14.8. The van der Waals surface area contributed by atoms with Gasteiger partial charge in [-0.05, 0) is 54.8 Å². The third kappa shape index (κ3) is 6.07. The van der Waals surface area contributed by atoms with Crippen LogP contribution in [0.1, 0.15) is 11.1 Å². The predicted molar refractivity (Wildman–Crippen MR) is 122 cm³/mol. The molecule has 3 rings (SSSR count). The number of benzene rings is 3. The molecule has 0 heterocycles. The maximum atomic E-state index is 13.1. The van der Waals surface area contributed by atoms with Crippen molar-refractivity contribution in [3.63, 3.8) is 0 Å². The van der Waals surface area contributed by atoms with Gasteiger partial charge in [-0.1, -0.05) is 54.1 Å². The Kier molecular flexibility index (Phi) is 7.33. The summed E-state index contributed by atoms with van der Waals surface area (Å²) < 4.78 is 34.0. The second-order valence-electron chi connectivity index (χ2n) is 7.02. The van der Waals surface area contributed by atoms with Crippen LogP contribution >= 0.6 is 11.6 Å². The van der Waals surface area contributed by atoms with Crippen molar-refractivity contribution in [2.24, 2.45) is 0 Å². The lowest BCUT2D eigenvalue weighted by Crippen LogP contribution is -2.45. The van der Waals surface area contributed by atoms with Crippen LogP contribution in [0.5, 0.6) is 5.75 Å². The zero-order valence-electron chi connectivity index (χ0n) is 17.1. The third-order valence-electron chi connectivity index (χ3n) is 4.60. The van der Waals surface area contributed by atoms with E-state index in [0.717, 1.165) is 11.1 Å². The van der Waals surface area contributed by atoms with Crippen molar-refractivity contribution in [2.75, 3.05) is 12.4 Å². The van der Waals surface area contributed by atoms with E-state index < -0.39 is 22.0 Å². The highest BCUT2D eigenvalue weighted by atomic mass is 35.5. The van der Waals surface area contributed by atoms with Crippen LogP contribution in [-0.4, -0.2) is 27.5 Å². The summed E-state index contributed by atoms with van der Waals surface area (Å²) in [5, 5.41) is 3.03. The fourth-order valence-corrected chi connectivity index (χ4v) is 4.73. The molecule has 1 unspecified atom stereocenters. The lowest BCUT2D eigenvalue weighted by molar-refractivity contribution is -0.117. The Morgan fingerprint density at radius 2 is 1.77 bits per heavy atom. The van der Waals surface area contributed by atoms with Gasteiger partial charge in [-0.15, -0.1) is 0 Å². The van der Waals surface area contributed by atoms with Gasteiger partial charge in [-0.3, -0.25) is 4.79 Å². The molecular weight excluding hydrogens is 436 g/mol. The number of amides is 1. The Bertz CT molecular complexity index is 1170. The summed E-state index contributed by atoms with van der Waals surface area (Å²) in [4.78, 5) is 12.9. The van der Waals surface area contributed by atoms with Crippen molar-refractivity contribution in [3.8, 4) is 5.75 Å². The Labute approximate surface area is 187 Å². The summed E-state index contributed by atoms with van der Waals surface area (Å²) in [7, 11) is -2.74. The highest BCUT2D eigenvalue weighted by Crippen LogP contribution is 2.27. The molecule has 0 spiro atoms. The van der Waals surface area contributed by atoms with Crippen LogP contribution < -0.4 is 14.8 Å². The average molecular weight is 459 g/mol. The number of nitrogens with one attached hydrogen (secondary N) is 2. The number of hydrogen-bond acceptors (Lipinski definition) is 4. The number of carbonyl (C=O) groups excluding carboxylic acids is 1. The zero-order valence-corrected chi connectivity index (χ0v) is 18.7. The number of carbonyl (C=O) groups is 1. The summed E-state index contributed by atoms with van der Waals surface area (Å²) in [6.07, 6.45) is 0.167. The largest absolute Gasteiger partial charge is 0.495 e. The molecule has 0 radical (unpaired) electrons. The molecular formula is C23H23ClN2O4S. The van der Waals surface area contributed by atoms with Crippen molar-refractivity contribution in [3.05, 3.63) is 88.9 Å². The molecule has 0 aliphatic carbocycles. The van der Waals surface area contributed by atoms with Gasteiger partial charge >= 0.3 is 0 Å². The number of sulfonamides is 1. The highest BCUT2D eigenvalue weighted by molar-refractivity contribution is 7.89. The van der Waals surface area contributed by atoms with Crippen LogP contribution in [0.2, 0.25) is 5.02 Å². The van der Waals surface area contributed by atoms with E-state index in [-0.39, 0.29) is 22.1 Å². The quantitative estimate of drug-likeness (QED) is 0.530. The summed E-state index contributed by atoms with van der Waals surface area (Å²) in [6.45, 7) is 1.91. The van der Waals surface area contributed by atoms with Crippen LogP contribution in [0, 0.1) is 6.92 Å². The predicted octanol–water partition coefficient (Wildman–Crippen LogP) is 4.19. The van der Waals surface area contributed by atoms with E-state index in [1.165, 1.54) is 25.3 Å². The molecule has 6 nitrogen and oxygen atoms in total. The van der Waals surface area contributed by atoms with E-state index in [9.17, 15) is 13.2 Å². The Morgan fingerprint density at radius 1 is 1.03 bits per heavy atom. The molecule has 3 aromatic rings. The molecule has 1 atom stereocenters. The molecule has 0 bridgehead atoms. The van der Waals surface area contributed by atoms with Crippen LogP contribution in [0.4, 0.5) is 5.69 Å². The van der Waals surface area contributed by atoms with Gasteiger partial charge in [0, 0.05) is 10.7 Å². The first kappa shape index (κ1) is 22.8. The molecule has 2 N–H and O–H groups in total. The monoisotopic (exact) mass is 458 g/mol. The van der Waals surface area contributed by atoms with Gasteiger partial charge in [0.2, 0.25) is 15.9 Å². The fourth-order valence-electron chi connectivity index (χ4n) is 3.10. The second-order valence-corrected chi connectivity index (χ2v) is 9.14. The summed E-state index contributed by atoms with van der Waals surface area (Å²) in [6, 6.07) is 19.7. The van der Waals surface area contributed by atoms with Gasteiger partial charge in [-0.25, -0.2) is 8.42 Å². The van der Waals surface area contributed by atoms with Crippen molar-refractivity contribution in [1.82, 2.24) is 4.72 Å². The van der Waals surface area contributed by atoms with E-state index in [1.54, 1.807) is 6.07 Å². The highest BCUT2D eigenvalue weighted by Gasteiger charge is 2.28. The number of halogens is 1. The topological polar surface area (TPSA) is 84.5 Å². The fraction of sp³-hybridized carbons (Fsp3) is 0.174. The normalized spacial score (nSPS) is 12.2. The van der Waals surface area contributed by atoms with Gasteiger partial charge < -0.3 is 10.1 Å². The van der Waals surface area contributed by atoms with E-state index in [0.29, 0.717) is 5.69 Å². The van der Waals surface area contributed by atoms with Crippen LogP contribution in [0.15, 0.2) is 77.7 Å². The molecule has 0 aliphatic rings. The average Bonchev–Trinajstić information content (AvgIpc) is 2.74. The van der Waals surface area contributed by atoms with Crippen LogP contribution in [0.25, 0.3) is 0 Å². The Balaban J connectivity index is 1.92. The molecule has 0 aromatic heterocycles. The van der Waals surface area contributed by atoms with Crippen LogP contribution in [0.3, 0.4) is 0 Å². The summed E-state index contributed by atoms with van der Waals surface area (Å²) in [5.74, 6) is -0.339. The molecule has 0 saturated carbocycles. The molecule has 0 aliphatic heterocycles. The van der Waals surface area contributed by atoms with Gasteiger partial charge in [0.25, 0.3) is 0 Å². The number of rotatable bonds is 8. The zero-order chi connectivity index (χ0) is 22.4.